The number of anilines is 1. The van der Waals surface area contributed by atoms with Crippen LogP contribution in [0.1, 0.15) is 59.7 Å². The van der Waals surface area contributed by atoms with Crippen molar-refractivity contribution in [2.24, 2.45) is 0 Å². The molecule has 0 radical (unpaired) electrons. The zero-order valence-corrected chi connectivity index (χ0v) is 29.0. The zero-order valence-electron chi connectivity index (χ0n) is 28.2. The predicted octanol–water partition coefficient (Wildman–Crippen LogP) is 7.85. The number of methoxy groups -OCH3 is 1. The maximum Gasteiger partial charge on any atom is 0.573 e. The van der Waals surface area contributed by atoms with Gasteiger partial charge in [0.2, 0.25) is 0 Å². The molecule has 0 aromatic heterocycles. The second-order valence-electron chi connectivity index (χ2n) is 11.7. The summed E-state index contributed by atoms with van der Waals surface area (Å²) in [6, 6.07) is 15.7. The van der Waals surface area contributed by atoms with Gasteiger partial charge in [-0.1, -0.05) is 47.5 Å². The standard InChI is InChI=1S/C21H27NO5.C15H10ClF3N2O3/c1-5-26-20(24)27-18-17(16-12-13(2)6-7-14(16)3)19(23)22-21(18)10-8-15(25-4)9-11-21;16-12-4-2-1-3-11(12)13(22)21-14(23)20-9-5-7-10(8-6-9)24-15(17,18)19/h6-7,12,15H,5,8-11H2,1-4H3,(H,22,23);1-8H,(H2,20,21,22,23). The van der Waals surface area contributed by atoms with Crippen LogP contribution in [-0.4, -0.2) is 55.7 Å². The molecule has 0 saturated heterocycles. The van der Waals surface area contributed by atoms with Gasteiger partial charge in [0, 0.05) is 12.8 Å². The molecule has 4 amide bonds. The molecule has 3 N–H and O–H groups in total. The van der Waals surface area contributed by atoms with Crippen molar-refractivity contribution >= 4 is 46.9 Å². The van der Waals surface area contributed by atoms with Crippen molar-refractivity contribution in [1.29, 1.82) is 0 Å². The van der Waals surface area contributed by atoms with E-state index in [0.29, 0.717) is 24.2 Å². The molecule has 1 aliphatic heterocycles. The summed E-state index contributed by atoms with van der Waals surface area (Å²) >= 11 is 5.83. The summed E-state index contributed by atoms with van der Waals surface area (Å²) in [5.41, 5.74) is 2.81. The Morgan fingerprint density at radius 1 is 1.00 bits per heavy atom. The Bertz CT molecular complexity index is 1790. The number of carbonyl (C=O) groups excluding carboxylic acids is 4. The maximum absolute atomic E-state index is 13.0. The second kappa shape index (κ2) is 16.8. The highest BCUT2D eigenvalue weighted by Crippen LogP contribution is 2.44. The number of hydrogen-bond acceptors (Lipinski definition) is 8. The molecule has 3 aromatic carbocycles. The summed E-state index contributed by atoms with van der Waals surface area (Å²) < 4.78 is 55.9. The molecule has 0 atom stereocenters. The van der Waals surface area contributed by atoms with Crippen LogP contribution >= 0.6 is 11.6 Å². The molecule has 5 rings (SSSR count). The molecule has 11 nitrogen and oxygen atoms in total. The van der Waals surface area contributed by atoms with Crippen LogP contribution in [0.3, 0.4) is 0 Å². The van der Waals surface area contributed by atoms with Crippen molar-refractivity contribution in [3.8, 4) is 5.75 Å². The number of alkyl halides is 3. The Hall–Kier alpha value is -5.08. The van der Waals surface area contributed by atoms with Gasteiger partial charge in [-0.15, -0.1) is 13.2 Å². The molecule has 3 aromatic rings. The van der Waals surface area contributed by atoms with Gasteiger partial charge in [0.05, 0.1) is 34.4 Å². The SMILES string of the molecule is CCOC(=O)OC1=C(c2cc(C)ccc2C)C(=O)NC12CCC(OC)CC2.O=C(NC(=O)c1ccccc1Cl)Nc1ccc(OC(F)(F)F)cc1. The fraction of sp³-hybridized carbons (Fsp3) is 0.333. The highest BCUT2D eigenvalue weighted by Gasteiger charge is 2.50. The van der Waals surface area contributed by atoms with Crippen LogP contribution in [0.4, 0.5) is 28.4 Å². The number of halogens is 4. The number of urea groups is 1. The highest BCUT2D eigenvalue weighted by molar-refractivity contribution is 6.34. The van der Waals surface area contributed by atoms with Crippen molar-refractivity contribution in [3.63, 3.8) is 0 Å². The van der Waals surface area contributed by atoms with Crippen molar-refractivity contribution in [2.75, 3.05) is 19.0 Å². The van der Waals surface area contributed by atoms with Gasteiger partial charge < -0.3 is 29.6 Å². The molecule has 0 bridgehead atoms. The third-order valence-corrected chi connectivity index (χ3v) is 8.49. The lowest BCUT2D eigenvalue weighted by Crippen LogP contribution is -2.49. The first-order chi connectivity index (χ1) is 24.1. The molecule has 1 spiro atoms. The van der Waals surface area contributed by atoms with E-state index in [1.807, 2.05) is 32.0 Å². The van der Waals surface area contributed by atoms with Crippen LogP contribution in [0.5, 0.6) is 5.75 Å². The van der Waals surface area contributed by atoms with Gasteiger partial charge in [0.25, 0.3) is 11.8 Å². The summed E-state index contributed by atoms with van der Waals surface area (Å²) in [5, 5.41) is 7.64. The lowest BCUT2D eigenvalue weighted by atomic mass is 9.79. The van der Waals surface area contributed by atoms with E-state index in [1.165, 1.54) is 24.3 Å². The monoisotopic (exact) mass is 731 g/mol. The molecule has 15 heteroatoms. The number of aryl methyl sites for hydroxylation is 2. The van der Waals surface area contributed by atoms with E-state index in [-0.39, 0.29) is 34.9 Å². The topological polar surface area (TPSA) is 141 Å². The summed E-state index contributed by atoms with van der Waals surface area (Å²) in [5.74, 6) is -0.969. The third kappa shape index (κ3) is 10.2. The van der Waals surface area contributed by atoms with Gasteiger partial charge in [-0.3, -0.25) is 14.9 Å². The van der Waals surface area contributed by atoms with Crippen molar-refractivity contribution in [3.05, 3.63) is 99.8 Å². The Balaban J connectivity index is 0.000000230. The first kappa shape index (κ1) is 38.7. The lowest BCUT2D eigenvalue weighted by Gasteiger charge is -2.37. The van der Waals surface area contributed by atoms with E-state index in [1.54, 1.807) is 26.2 Å². The first-order valence-electron chi connectivity index (χ1n) is 15.9. The number of nitrogens with one attached hydrogen (secondary N) is 3. The van der Waals surface area contributed by atoms with Gasteiger partial charge in [-0.25, -0.2) is 9.59 Å². The number of benzene rings is 3. The summed E-state index contributed by atoms with van der Waals surface area (Å²) in [6.07, 6.45) is -2.55. The summed E-state index contributed by atoms with van der Waals surface area (Å²) in [4.78, 5) is 48.7. The Morgan fingerprint density at radius 2 is 1.67 bits per heavy atom. The van der Waals surface area contributed by atoms with E-state index < -0.39 is 35.7 Å². The minimum atomic E-state index is -4.80. The fourth-order valence-electron chi connectivity index (χ4n) is 5.70. The minimum absolute atomic E-state index is 0.114. The average Bonchev–Trinajstić information content (AvgIpc) is 3.32. The fourth-order valence-corrected chi connectivity index (χ4v) is 5.92. The molecule has 272 valence electrons. The van der Waals surface area contributed by atoms with Gasteiger partial charge in [0.1, 0.15) is 11.5 Å². The first-order valence-corrected chi connectivity index (χ1v) is 16.3. The third-order valence-electron chi connectivity index (χ3n) is 8.16. The Kier molecular flexibility index (Phi) is 12.7. The lowest BCUT2D eigenvalue weighted by molar-refractivity contribution is -0.274. The van der Waals surface area contributed by atoms with E-state index in [9.17, 15) is 32.3 Å². The number of imide groups is 1. The number of amides is 4. The quantitative estimate of drug-likeness (QED) is 0.209. The molecule has 1 aliphatic carbocycles. The van der Waals surface area contributed by atoms with Gasteiger partial charge in [-0.2, -0.15) is 0 Å². The average molecular weight is 732 g/mol. The van der Waals surface area contributed by atoms with Gasteiger partial charge in [-0.05, 0) is 94.0 Å². The van der Waals surface area contributed by atoms with Crippen LogP contribution in [0.25, 0.3) is 5.57 Å². The summed E-state index contributed by atoms with van der Waals surface area (Å²) in [6.45, 7) is 5.86. The molecule has 2 aliphatic rings. The second-order valence-corrected chi connectivity index (χ2v) is 12.1. The van der Waals surface area contributed by atoms with Crippen LogP contribution in [0.2, 0.25) is 5.02 Å². The van der Waals surface area contributed by atoms with E-state index in [0.717, 1.165) is 41.7 Å². The minimum Gasteiger partial charge on any atom is -0.434 e. The smallest absolute Gasteiger partial charge is 0.434 e. The molecular formula is C36H37ClF3N3O8. The zero-order chi connectivity index (χ0) is 37.3. The number of ether oxygens (including phenoxy) is 4. The molecule has 1 fully saturated rings. The van der Waals surface area contributed by atoms with Crippen molar-refractivity contribution in [1.82, 2.24) is 10.6 Å². The number of hydrogen-bond donors (Lipinski definition) is 3. The van der Waals surface area contributed by atoms with Crippen molar-refractivity contribution in [2.45, 2.75) is 64.5 Å². The van der Waals surface area contributed by atoms with Crippen LogP contribution < -0.4 is 20.7 Å². The van der Waals surface area contributed by atoms with Crippen molar-refractivity contribution < 1.29 is 51.3 Å². The highest BCUT2D eigenvalue weighted by atomic mass is 35.5. The van der Waals surface area contributed by atoms with Crippen LogP contribution in [-0.2, 0) is 19.0 Å². The molecule has 0 unspecified atom stereocenters. The van der Waals surface area contributed by atoms with Gasteiger partial charge in [0.15, 0.2) is 0 Å². The molecule has 1 saturated carbocycles. The molecule has 1 heterocycles. The Labute approximate surface area is 297 Å². The molecular weight excluding hydrogens is 695 g/mol. The number of carbonyl (C=O) groups is 4. The van der Waals surface area contributed by atoms with Crippen LogP contribution in [0.15, 0.2) is 72.5 Å². The van der Waals surface area contributed by atoms with Crippen LogP contribution in [0, 0.1) is 13.8 Å². The van der Waals surface area contributed by atoms with E-state index in [4.69, 9.17) is 25.8 Å². The maximum atomic E-state index is 13.0. The molecule has 51 heavy (non-hydrogen) atoms. The largest absolute Gasteiger partial charge is 0.573 e. The van der Waals surface area contributed by atoms with E-state index in [2.05, 4.69) is 20.7 Å². The predicted molar refractivity (Wildman–Crippen MR) is 182 cm³/mol. The van der Waals surface area contributed by atoms with E-state index >= 15 is 0 Å². The Morgan fingerprint density at radius 3 is 2.27 bits per heavy atom. The number of rotatable bonds is 7. The van der Waals surface area contributed by atoms with Gasteiger partial charge >= 0.3 is 18.5 Å². The summed E-state index contributed by atoms with van der Waals surface area (Å²) in [7, 11) is 1.70. The normalized spacial score (nSPS) is 18.3.